The molecule has 0 atom stereocenters. The number of hydrogen-bond acceptors (Lipinski definition) is 2. The maximum Gasteiger partial charge on any atom is 0.243 e. The van der Waals surface area contributed by atoms with Gasteiger partial charge in [-0.25, -0.2) is 0 Å². The van der Waals surface area contributed by atoms with Crippen LogP contribution in [0.2, 0.25) is 0 Å². The van der Waals surface area contributed by atoms with E-state index >= 15 is 0 Å². The second-order valence-electron chi connectivity index (χ2n) is 5.02. The van der Waals surface area contributed by atoms with Gasteiger partial charge in [-0.3, -0.25) is 4.79 Å². The molecule has 0 spiro atoms. The number of hydrogen-bond donors (Lipinski definition) is 0. The highest BCUT2D eigenvalue weighted by Gasteiger charge is 2.52. The lowest BCUT2D eigenvalue weighted by Gasteiger charge is -2.47. The average molecular weight is 192 g/mol. The molecule has 2 fully saturated rings. The van der Waals surface area contributed by atoms with Gasteiger partial charge in [0, 0.05) is 13.1 Å². The summed E-state index contributed by atoms with van der Waals surface area (Å²) in [6.07, 6.45) is 1.51. The predicted octanol–water partition coefficient (Wildman–Crippen LogP) is 1.40. The van der Waals surface area contributed by atoms with Gasteiger partial charge >= 0.3 is 0 Å². The molecule has 0 bridgehead atoms. The topological polar surface area (TPSA) is 44.1 Å². The number of amides is 1. The molecule has 1 aliphatic heterocycles. The lowest BCUT2D eigenvalue weighted by molar-refractivity contribution is -0.151. The van der Waals surface area contributed by atoms with Crippen molar-refractivity contribution in [2.24, 2.45) is 17.3 Å². The monoisotopic (exact) mass is 192 g/mol. The van der Waals surface area contributed by atoms with Crippen molar-refractivity contribution in [1.82, 2.24) is 4.90 Å². The van der Waals surface area contributed by atoms with Gasteiger partial charge in [0.25, 0.3) is 0 Å². The van der Waals surface area contributed by atoms with E-state index in [2.05, 4.69) is 19.9 Å². The maximum atomic E-state index is 12.0. The lowest BCUT2D eigenvalue weighted by atomic mass is 9.62. The van der Waals surface area contributed by atoms with Crippen molar-refractivity contribution in [3.8, 4) is 6.07 Å². The van der Waals surface area contributed by atoms with Crippen molar-refractivity contribution in [1.29, 1.82) is 5.26 Å². The Morgan fingerprint density at radius 3 is 2.29 bits per heavy atom. The Bertz CT molecular complexity index is 293. The zero-order valence-corrected chi connectivity index (χ0v) is 8.79. The van der Waals surface area contributed by atoms with Gasteiger partial charge in [-0.1, -0.05) is 13.8 Å². The van der Waals surface area contributed by atoms with Crippen LogP contribution >= 0.6 is 0 Å². The van der Waals surface area contributed by atoms with Gasteiger partial charge in [0.1, 0.15) is 5.41 Å². The van der Waals surface area contributed by atoms with E-state index in [0.29, 0.717) is 11.8 Å². The van der Waals surface area contributed by atoms with E-state index in [1.54, 1.807) is 0 Å². The van der Waals surface area contributed by atoms with Crippen molar-refractivity contribution in [2.45, 2.75) is 26.7 Å². The van der Waals surface area contributed by atoms with Crippen molar-refractivity contribution >= 4 is 5.91 Å². The van der Waals surface area contributed by atoms with E-state index in [0.717, 1.165) is 25.9 Å². The van der Waals surface area contributed by atoms with E-state index in [9.17, 15) is 4.79 Å². The molecule has 2 rings (SSSR count). The maximum absolute atomic E-state index is 12.0. The van der Waals surface area contributed by atoms with Gasteiger partial charge in [0.2, 0.25) is 5.91 Å². The summed E-state index contributed by atoms with van der Waals surface area (Å²) in [5, 5.41) is 9.06. The van der Waals surface area contributed by atoms with E-state index < -0.39 is 5.41 Å². The molecule has 2 aliphatic rings. The molecule has 0 unspecified atom stereocenters. The fourth-order valence-corrected chi connectivity index (χ4v) is 2.61. The van der Waals surface area contributed by atoms with Gasteiger partial charge in [0.05, 0.1) is 6.07 Å². The van der Waals surface area contributed by atoms with Crippen LogP contribution in [0.4, 0.5) is 0 Å². The van der Waals surface area contributed by atoms with E-state index in [1.807, 2.05) is 4.90 Å². The van der Waals surface area contributed by atoms with Gasteiger partial charge in [-0.05, 0) is 24.7 Å². The Hall–Kier alpha value is -1.04. The second-order valence-corrected chi connectivity index (χ2v) is 5.02. The van der Waals surface area contributed by atoms with Crippen LogP contribution in [-0.2, 0) is 4.79 Å². The lowest BCUT2D eigenvalue weighted by Crippen LogP contribution is -2.57. The molecule has 0 aromatic carbocycles. The Morgan fingerprint density at radius 2 is 1.93 bits per heavy atom. The number of nitriles is 1. The molecule has 1 aliphatic carbocycles. The van der Waals surface area contributed by atoms with Crippen LogP contribution in [-0.4, -0.2) is 23.9 Å². The first-order chi connectivity index (χ1) is 6.57. The van der Waals surface area contributed by atoms with E-state index in [1.165, 1.54) is 0 Å². The molecule has 3 nitrogen and oxygen atoms in total. The molecule has 1 heterocycles. The minimum absolute atomic E-state index is 0.0798. The summed E-state index contributed by atoms with van der Waals surface area (Å²) in [7, 11) is 0. The molecule has 1 saturated heterocycles. The first-order valence-electron chi connectivity index (χ1n) is 5.28. The second kappa shape index (κ2) is 2.98. The van der Waals surface area contributed by atoms with Gasteiger partial charge in [-0.2, -0.15) is 5.26 Å². The van der Waals surface area contributed by atoms with Crippen LogP contribution in [0.1, 0.15) is 26.7 Å². The predicted molar refractivity (Wildman–Crippen MR) is 52.2 cm³/mol. The normalized spacial score (nSPS) is 36.9. The Labute approximate surface area is 84.7 Å². The SMILES string of the molecule is CC1CN(C(=O)C2(C#N)CC(C)C2)C1. The van der Waals surface area contributed by atoms with E-state index in [-0.39, 0.29) is 5.91 Å². The molecule has 1 saturated carbocycles. The summed E-state index contributed by atoms with van der Waals surface area (Å²) in [5.41, 5.74) is -0.653. The molecule has 0 N–H and O–H groups in total. The van der Waals surface area contributed by atoms with E-state index in [4.69, 9.17) is 5.26 Å². The zero-order valence-electron chi connectivity index (χ0n) is 8.79. The van der Waals surface area contributed by atoms with Crippen LogP contribution in [0, 0.1) is 28.6 Å². The minimum Gasteiger partial charge on any atom is -0.341 e. The average Bonchev–Trinajstić information content (AvgIpc) is 2.06. The van der Waals surface area contributed by atoms with Crippen LogP contribution in [0.25, 0.3) is 0 Å². The standard InChI is InChI=1S/C11H16N2O/c1-8-3-11(4-8,7-12)10(14)13-5-9(2)6-13/h8-9H,3-6H2,1-2H3. The molecule has 3 heteroatoms. The third-order valence-corrected chi connectivity index (χ3v) is 3.37. The summed E-state index contributed by atoms with van der Waals surface area (Å²) < 4.78 is 0. The number of rotatable bonds is 1. The van der Waals surface area contributed by atoms with Crippen LogP contribution < -0.4 is 0 Å². The van der Waals surface area contributed by atoms with Crippen LogP contribution in [0.5, 0.6) is 0 Å². The van der Waals surface area contributed by atoms with Gasteiger partial charge in [0.15, 0.2) is 0 Å². The highest BCUT2D eigenvalue weighted by atomic mass is 16.2. The first-order valence-corrected chi connectivity index (χ1v) is 5.28. The number of likely N-dealkylation sites (tertiary alicyclic amines) is 1. The molecular weight excluding hydrogens is 176 g/mol. The number of carbonyl (C=O) groups excluding carboxylic acids is 1. The molecule has 76 valence electrons. The van der Waals surface area contributed by atoms with Gasteiger partial charge < -0.3 is 4.90 Å². The van der Waals surface area contributed by atoms with Crippen molar-refractivity contribution in [3.63, 3.8) is 0 Å². The summed E-state index contributed by atoms with van der Waals surface area (Å²) in [6.45, 7) is 5.92. The fourth-order valence-electron chi connectivity index (χ4n) is 2.61. The number of nitrogens with zero attached hydrogens (tertiary/aromatic N) is 2. The molecule has 0 aromatic heterocycles. The smallest absolute Gasteiger partial charge is 0.243 e. The zero-order chi connectivity index (χ0) is 10.3. The summed E-state index contributed by atoms with van der Waals surface area (Å²) in [6, 6.07) is 2.22. The third kappa shape index (κ3) is 1.21. The Morgan fingerprint density at radius 1 is 1.36 bits per heavy atom. The molecule has 0 radical (unpaired) electrons. The quantitative estimate of drug-likeness (QED) is 0.630. The van der Waals surface area contributed by atoms with Gasteiger partial charge in [-0.15, -0.1) is 0 Å². The third-order valence-electron chi connectivity index (χ3n) is 3.37. The van der Waals surface area contributed by atoms with Crippen molar-refractivity contribution < 1.29 is 4.79 Å². The van der Waals surface area contributed by atoms with Crippen molar-refractivity contribution in [2.75, 3.05) is 13.1 Å². The highest BCUT2D eigenvalue weighted by molar-refractivity contribution is 5.87. The summed E-state index contributed by atoms with van der Waals surface area (Å²) in [4.78, 5) is 13.8. The number of carbonyl (C=O) groups is 1. The fraction of sp³-hybridized carbons (Fsp3) is 0.818. The highest BCUT2D eigenvalue weighted by Crippen LogP contribution is 2.47. The molecule has 14 heavy (non-hydrogen) atoms. The Balaban J connectivity index is 2.01. The minimum atomic E-state index is -0.653. The van der Waals surface area contributed by atoms with Crippen molar-refractivity contribution in [3.05, 3.63) is 0 Å². The van der Waals surface area contributed by atoms with Crippen LogP contribution in [0.3, 0.4) is 0 Å². The largest absolute Gasteiger partial charge is 0.341 e. The summed E-state index contributed by atoms with van der Waals surface area (Å²) in [5.74, 6) is 1.24. The Kier molecular flexibility index (Phi) is 2.02. The first kappa shape index (κ1) is 9.51. The molecule has 1 amide bonds. The van der Waals surface area contributed by atoms with Crippen LogP contribution in [0.15, 0.2) is 0 Å². The molecule has 0 aromatic rings. The summed E-state index contributed by atoms with van der Waals surface area (Å²) >= 11 is 0. The molecular formula is C11H16N2O.